The van der Waals surface area contributed by atoms with E-state index in [1.54, 1.807) is 0 Å². The summed E-state index contributed by atoms with van der Waals surface area (Å²) in [6.07, 6.45) is 2.12. The average molecular weight is 219 g/mol. The van der Waals surface area contributed by atoms with E-state index in [2.05, 4.69) is 12.2 Å². The number of rotatable bonds is 4. The second kappa shape index (κ2) is 5.69. The molecule has 0 aliphatic rings. The highest BCUT2D eigenvalue weighted by Crippen LogP contribution is 2.11. The Labute approximate surface area is 98.1 Å². The fraction of sp³-hybridized carbons (Fsp3) is 0.500. The van der Waals surface area contributed by atoms with Gasteiger partial charge in [-0.25, -0.2) is 0 Å². The third kappa shape index (κ3) is 3.37. The van der Waals surface area contributed by atoms with E-state index in [4.69, 9.17) is 0 Å². The first-order valence-electron chi connectivity index (χ1n) is 5.92. The van der Waals surface area contributed by atoms with E-state index < -0.39 is 0 Å². The minimum atomic E-state index is 0.0437. The van der Waals surface area contributed by atoms with Crippen LogP contribution in [0.25, 0.3) is 0 Å². The van der Waals surface area contributed by atoms with Crippen LogP contribution in [0, 0.1) is 13.8 Å². The molecular weight excluding hydrogens is 198 g/mol. The van der Waals surface area contributed by atoms with Gasteiger partial charge in [-0.3, -0.25) is 4.79 Å². The number of aryl methyl sites for hydroxylation is 2. The van der Waals surface area contributed by atoms with Crippen molar-refractivity contribution in [3.8, 4) is 0 Å². The van der Waals surface area contributed by atoms with Crippen molar-refractivity contribution in [3.63, 3.8) is 0 Å². The third-order valence-electron chi connectivity index (χ3n) is 2.74. The lowest BCUT2D eigenvalue weighted by atomic mass is 10.0. The summed E-state index contributed by atoms with van der Waals surface area (Å²) in [6.45, 7) is 8.15. The topological polar surface area (TPSA) is 29.1 Å². The molecule has 88 valence electrons. The number of hydrogen-bond acceptors (Lipinski definition) is 1. The second-order valence-electron chi connectivity index (χ2n) is 4.48. The summed E-state index contributed by atoms with van der Waals surface area (Å²) in [6, 6.07) is 6.22. The molecule has 1 unspecified atom stereocenters. The Morgan fingerprint density at radius 2 is 2.06 bits per heavy atom. The molecule has 1 rings (SSSR count). The number of nitrogens with one attached hydrogen (secondary N) is 1. The Hall–Kier alpha value is -1.31. The zero-order chi connectivity index (χ0) is 12.1. The first-order valence-corrected chi connectivity index (χ1v) is 5.92. The fourth-order valence-electron chi connectivity index (χ4n) is 1.79. The minimum Gasteiger partial charge on any atom is -0.350 e. The third-order valence-corrected chi connectivity index (χ3v) is 2.74. The lowest BCUT2D eigenvalue weighted by Gasteiger charge is -2.14. The van der Waals surface area contributed by atoms with Gasteiger partial charge in [-0.1, -0.05) is 31.0 Å². The largest absolute Gasteiger partial charge is 0.350 e. The first kappa shape index (κ1) is 12.8. The number of hydrogen-bond donors (Lipinski definition) is 1. The smallest absolute Gasteiger partial charge is 0.251 e. The summed E-state index contributed by atoms with van der Waals surface area (Å²) in [5.41, 5.74) is 2.95. The monoisotopic (exact) mass is 219 g/mol. The molecule has 2 nitrogen and oxygen atoms in total. The van der Waals surface area contributed by atoms with Crippen LogP contribution in [-0.2, 0) is 0 Å². The molecule has 0 saturated carbocycles. The quantitative estimate of drug-likeness (QED) is 0.827. The van der Waals surface area contributed by atoms with Gasteiger partial charge in [0.15, 0.2) is 0 Å². The van der Waals surface area contributed by atoms with Gasteiger partial charge < -0.3 is 5.32 Å². The standard InChI is InChI=1S/C14H21NO/c1-5-6-12(4)15-14(16)13-9-10(2)7-8-11(13)3/h7-9,12H,5-6H2,1-4H3,(H,15,16). The molecule has 0 heterocycles. The predicted molar refractivity (Wildman–Crippen MR) is 67.8 cm³/mol. The maximum absolute atomic E-state index is 12.0. The molecule has 1 atom stereocenters. The molecule has 0 bridgehead atoms. The molecule has 16 heavy (non-hydrogen) atoms. The van der Waals surface area contributed by atoms with Crippen molar-refractivity contribution in [3.05, 3.63) is 34.9 Å². The van der Waals surface area contributed by atoms with Crippen molar-refractivity contribution in [2.45, 2.75) is 46.6 Å². The van der Waals surface area contributed by atoms with Crippen LogP contribution in [0.5, 0.6) is 0 Å². The van der Waals surface area contributed by atoms with Crippen molar-refractivity contribution in [2.24, 2.45) is 0 Å². The minimum absolute atomic E-state index is 0.0437. The number of carbonyl (C=O) groups excluding carboxylic acids is 1. The van der Waals surface area contributed by atoms with Gasteiger partial charge in [-0.2, -0.15) is 0 Å². The SMILES string of the molecule is CCCC(C)NC(=O)c1cc(C)ccc1C. The normalized spacial score (nSPS) is 12.2. The van der Waals surface area contributed by atoms with Crippen LogP contribution in [0.4, 0.5) is 0 Å². The van der Waals surface area contributed by atoms with E-state index in [0.717, 1.165) is 29.5 Å². The van der Waals surface area contributed by atoms with Crippen LogP contribution < -0.4 is 5.32 Å². The zero-order valence-electron chi connectivity index (χ0n) is 10.6. The molecule has 0 spiro atoms. The van der Waals surface area contributed by atoms with Crippen LogP contribution in [0.1, 0.15) is 48.2 Å². The van der Waals surface area contributed by atoms with Gasteiger partial charge >= 0.3 is 0 Å². The molecule has 1 N–H and O–H groups in total. The molecule has 1 amide bonds. The number of carbonyl (C=O) groups is 1. The summed E-state index contributed by atoms with van der Waals surface area (Å²) < 4.78 is 0. The summed E-state index contributed by atoms with van der Waals surface area (Å²) in [5, 5.41) is 3.03. The molecule has 0 radical (unpaired) electrons. The van der Waals surface area contributed by atoms with Gasteiger partial charge in [0.05, 0.1) is 0 Å². The van der Waals surface area contributed by atoms with Crippen molar-refractivity contribution in [1.82, 2.24) is 5.32 Å². The highest BCUT2D eigenvalue weighted by molar-refractivity contribution is 5.95. The summed E-state index contributed by atoms with van der Waals surface area (Å²) in [4.78, 5) is 12.0. The molecule has 1 aromatic carbocycles. The highest BCUT2D eigenvalue weighted by atomic mass is 16.1. The Morgan fingerprint density at radius 1 is 1.38 bits per heavy atom. The second-order valence-corrected chi connectivity index (χ2v) is 4.48. The summed E-state index contributed by atoms with van der Waals surface area (Å²) >= 11 is 0. The van der Waals surface area contributed by atoms with Gasteiger partial charge in [-0.15, -0.1) is 0 Å². The Morgan fingerprint density at radius 3 is 2.69 bits per heavy atom. The van der Waals surface area contributed by atoms with Gasteiger partial charge in [-0.05, 0) is 38.8 Å². The number of benzene rings is 1. The van der Waals surface area contributed by atoms with E-state index in [0.29, 0.717) is 0 Å². The van der Waals surface area contributed by atoms with Gasteiger partial charge in [0.25, 0.3) is 5.91 Å². The predicted octanol–water partition coefficient (Wildman–Crippen LogP) is 3.22. The van der Waals surface area contributed by atoms with Crippen LogP contribution in [0.3, 0.4) is 0 Å². The Bertz CT molecular complexity index is 371. The van der Waals surface area contributed by atoms with Gasteiger partial charge in [0.1, 0.15) is 0 Å². The zero-order valence-corrected chi connectivity index (χ0v) is 10.6. The lowest BCUT2D eigenvalue weighted by molar-refractivity contribution is 0.0937. The van der Waals surface area contributed by atoms with Crippen LogP contribution in [0.15, 0.2) is 18.2 Å². The maximum Gasteiger partial charge on any atom is 0.251 e. The fourth-order valence-corrected chi connectivity index (χ4v) is 1.79. The molecular formula is C14H21NO. The van der Waals surface area contributed by atoms with E-state index in [9.17, 15) is 4.79 Å². The maximum atomic E-state index is 12.0. The van der Waals surface area contributed by atoms with E-state index in [1.807, 2.05) is 39.0 Å². The average Bonchev–Trinajstić information content (AvgIpc) is 2.21. The van der Waals surface area contributed by atoms with E-state index >= 15 is 0 Å². The molecule has 0 saturated heterocycles. The Kier molecular flexibility index (Phi) is 4.53. The van der Waals surface area contributed by atoms with Crippen molar-refractivity contribution in [1.29, 1.82) is 0 Å². The number of amides is 1. The van der Waals surface area contributed by atoms with Crippen LogP contribution in [-0.4, -0.2) is 11.9 Å². The molecule has 0 aliphatic heterocycles. The molecule has 2 heteroatoms. The summed E-state index contributed by atoms with van der Waals surface area (Å²) in [7, 11) is 0. The highest BCUT2D eigenvalue weighted by Gasteiger charge is 2.11. The van der Waals surface area contributed by atoms with Crippen LogP contribution in [0.2, 0.25) is 0 Å². The van der Waals surface area contributed by atoms with Crippen molar-refractivity contribution in [2.75, 3.05) is 0 Å². The molecule has 1 aromatic rings. The van der Waals surface area contributed by atoms with Crippen molar-refractivity contribution < 1.29 is 4.79 Å². The van der Waals surface area contributed by atoms with Crippen molar-refractivity contribution >= 4 is 5.91 Å². The van der Waals surface area contributed by atoms with Crippen LogP contribution >= 0.6 is 0 Å². The Balaban J connectivity index is 2.76. The van der Waals surface area contributed by atoms with Gasteiger partial charge in [0, 0.05) is 11.6 Å². The first-order chi connectivity index (χ1) is 7.54. The van der Waals surface area contributed by atoms with Gasteiger partial charge in [0.2, 0.25) is 0 Å². The lowest BCUT2D eigenvalue weighted by Crippen LogP contribution is -2.32. The van der Waals surface area contributed by atoms with E-state index in [-0.39, 0.29) is 11.9 Å². The summed E-state index contributed by atoms with van der Waals surface area (Å²) in [5.74, 6) is 0.0437. The molecule has 0 aliphatic carbocycles. The van der Waals surface area contributed by atoms with E-state index in [1.165, 1.54) is 0 Å². The molecule has 0 aromatic heterocycles. The molecule has 0 fully saturated rings.